The van der Waals surface area contributed by atoms with Gasteiger partial charge in [-0.2, -0.15) is 0 Å². The number of halogens is 1. The molecule has 5 rings (SSSR count). The summed E-state index contributed by atoms with van der Waals surface area (Å²) < 4.78 is 5.76. The third-order valence-electron chi connectivity index (χ3n) is 4.51. The summed E-state index contributed by atoms with van der Waals surface area (Å²) in [5.41, 5.74) is 1.08. The van der Waals surface area contributed by atoms with E-state index in [-0.39, 0.29) is 16.9 Å². The van der Waals surface area contributed by atoms with Crippen LogP contribution in [0.3, 0.4) is 0 Å². The predicted molar refractivity (Wildman–Crippen MR) is 76.9 cm³/mol. The van der Waals surface area contributed by atoms with Crippen molar-refractivity contribution in [1.82, 2.24) is 5.32 Å². The zero-order valence-corrected chi connectivity index (χ0v) is 11.8. The zero-order chi connectivity index (χ0) is 14.0. The van der Waals surface area contributed by atoms with E-state index >= 15 is 0 Å². The molecule has 4 aliphatic rings. The van der Waals surface area contributed by atoms with E-state index in [2.05, 4.69) is 17.6 Å². The van der Waals surface area contributed by atoms with E-state index in [0.29, 0.717) is 17.3 Å². The van der Waals surface area contributed by atoms with Gasteiger partial charge in [-0.15, -0.1) is 0 Å². The Balaban J connectivity index is 1.43. The molecule has 0 saturated heterocycles. The zero-order valence-electron chi connectivity index (χ0n) is 11.0. The van der Waals surface area contributed by atoms with Gasteiger partial charge in [0, 0.05) is 10.6 Å². The largest absolute Gasteiger partial charge is 0.477 e. The van der Waals surface area contributed by atoms with Gasteiger partial charge < -0.3 is 15.4 Å². The number of fused-ring (bicyclic) bond motifs is 1. The van der Waals surface area contributed by atoms with Crippen LogP contribution in [-0.2, 0) is 4.79 Å². The molecule has 1 unspecified atom stereocenters. The molecule has 1 radical (unpaired) electrons. The van der Waals surface area contributed by atoms with Crippen LogP contribution in [0.15, 0.2) is 18.2 Å². The minimum atomic E-state index is -0.488. The monoisotopic (exact) mass is 291 g/mol. The first kappa shape index (κ1) is 12.3. The molecule has 1 amide bonds. The van der Waals surface area contributed by atoms with Crippen LogP contribution in [0.5, 0.6) is 5.75 Å². The number of benzene rings is 1. The van der Waals surface area contributed by atoms with E-state index in [1.807, 2.05) is 0 Å². The van der Waals surface area contributed by atoms with Gasteiger partial charge in [-0.3, -0.25) is 4.79 Å². The van der Waals surface area contributed by atoms with Crippen molar-refractivity contribution >= 4 is 23.2 Å². The smallest absolute Gasteiger partial charge is 0.263 e. The summed E-state index contributed by atoms with van der Waals surface area (Å²) in [5.74, 6) is 0.631. The van der Waals surface area contributed by atoms with Crippen molar-refractivity contribution in [3.63, 3.8) is 0 Å². The average molecular weight is 292 g/mol. The Kier molecular flexibility index (Phi) is 2.35. The SMILES string of the molecule is [CH2]C12CC(NC(=O)C3CNc4cc(Cl)ccc4O3)(C1)C2. The highest BCUT2D eigenvalue weighted by atomic mass is 35.5. The molecule has 1 aromatic rings. The van der Waals surface area contributed by atoms with Gasteiger partial charge >= 0.3 is 0 Å². The molecule has 0 spiro atoms. The topological polar surface area (TPSA) is 50.4 Å². The van der Waals surface area contributed by atoms with Gasteiger partial charge in [0.1, 0.15) is 5.75 Å². The van der Waals surface area contributed by atoms with Crippen LogP contribution in [0.1, 0.15) is 19.3 Å². The summed E-state index contributed by atoms with van der Waals surface area (Å²) in [4.78, 5) is 12.3. The number of ether oxygens (including phenoxy) is 1. The first-order chi connectivity index (χ1) is 9.47. The van der Waals surface area contributed by atoms with E-state index in [1.165, 1.54) is 0 Å². The quantitative estimate of drug-likeness (QED) is 0.880. The van der Waals surface area contributed by atoms with Crippen molar-refractivity contribution in [3.05, 3.63) is 30.1 Å². The number of nitrogens with one attached hydrogen (secondary N) is 2. The van der Waals surface area contributed by atoms with Crippen molar-refractivity contribution in [2.45, 2.75) is 30.9 Å². The number of carbonyl (C=O) groups is 1. The van der Waals surface area contributed by atoms with Crippen LogP contribution >= 0.6 is 11.6 Å². The molecule has 1 atom stereocenters. The molecule has 2 bridgehead atoms. The Morgan fingerprint density at radius 1 is 1.45 bits per heavy atom. The van der Waals surface area contributed by atoms with Crippen molar-refractivity contribution in [3.8, 4) is 5.75 Å². The van der Waals surface area contributed by atoms with E-state index in [4.69, 9.17) is 16.3 Å². The Morgan fingerprint density at radius 3 is 2.90 bits per heavy atom. The lowest BCUT2D eigenvalue weighted by atomic mass is 9.40. The molecule has 20 heavy (non-hydrogen) atoms. The van der Waals surface area contributed by atoms with E-state index < -0.39 is 6.10 Å². The highest BCUT2D eigenvalue weighted by molar-refractivity contribution is 6.30. The molecule has 3 aliphatic carbocycles. The summed E-state index contributed by atoms with van der Waals surface area (Å²) in [6, 6.07) is 5.35. The fourth-order valence-electron chi connectivity index (χ4n) is 3.76. The van der Waals surface area contributed by atoms with Gasteiger partial charge in [0.05, 0.1) is 12.2 Å². The molecule has 3 saturated carbocycles. The lowest BCUT2D eigenvalue weighted by Crippen LogP contribution is -2.74. The van der Waals surface area contributed by atoms with Crippen molar-refractivity contribution in [2.75, 3.05) is 11.9 Å². The second-order valence-corrected chi connectivity index (χ2v) is 6.86. The molecule has 105 valence electrons. The lowest BCUT2D eigenvalue weighted by Gasteiger charge is -2.69. The molecule has 0 aromatic heterocycles. The van der Waals surface area contributed by atoms with Crippen LogP contribution in [0.4, 0.5) is 5.69 Å². The Labute approximate surface area is 122 Å². The second kappa shape index (κ2) is 3.82. The summed E-state index contributed by atoms with van der Waals surface area (Å²) in [6.07, 6.45) is 2.51. The normalized spacial score (nSPS) is 36.6. The van der Waals surface area contributed by atoms with Gasteiger partial charge in [0.15, 0.2) is 6.10 Å². The first-order valence-corrected chi connectivity index (χ1v) is 7.22. The maximum absolute atomic E-state index is 12.3. The highest BCUT2D eigenvalue weighted by Crippen LogP contribution is 2.66. The van der Waals surface area contributed by atoms with Gasteiger partial charge in [0.25, 0.3) is 5.91 Å². The number of amides is 1. The minimum Gasteiger partial charge on any atom is -0.477 e. The Hall–Kier alpha value is -1.42. The Bertz CT molecular complexity index is 582. The number of carbonyl (C=O) groups excluding carboxylic acids is 1. The molecule has 1 aliphatic heterocycles. The third-order valence-corrected chi connectivity index (χ3v) is 4.74. The summed E-state index contributed by atoms with van der Waals surface area (Å²) in [6.45, 7) is 4.60. The minimum absolute atomic E-state index is 0.00245. The van der Waals surface area contributed by atoms with Gasteiger partial charge in [-0.05, 0) is 49.8 Å². The van der Waals surface area contributed by atoms with E-state index in [0.717, 1.165) is 24.9 Å². The molecule has 2 N–H and O–H groups in total. The maximum atomic E-state index is 12.3. The van der Waals surface area contributed by atoms with Crippen LogP contribution in [0, 0.1) is 12.3 Å². The second-order valence-electron chi connectivity index (χ2n) is 6.43. The standard InChI is InChI=1S/C15H16ClN2O2/c1-14-6-15(7-14,8-14)18-13(19)12-5-17-10-4-9(16)2-3-11(10)20-12/h2-4,12,17H,1,5-8H2,(H,18,19). The maximum Gasteiger partial charge on any atom is 0.263 e. The molecular formula is C15H16ClN2O2. The molecule has 4 nitrogen and oxygen atoms in total. The molecule has 1 heterocycles. The van der Waals surface area contributed by atoms with E-state index in [9.17, 15) is 4.79 Å². The predicted octanol–water partition coefficient (Wildman–Crippen LogP) is 2.39. The molecule has 5 heteroatoms. The number of hydrogen-bond acceptors (Lipinski definition) is 3. The molecular weight excluding hydrogens is 276 g/mol. The molecule has 3 fully saturated rings. The number of rotatable bonds is 2. The average Bonchev–Trinajstić information content (AvgIpc) is 2.34. The molecule has 1 aromatic carbocycles. The van der Waals surface area contributed by atoms with Gasteiger partial charge in [-0.25, -0.2) is 0 Å². The Morgan fingerprint density at radius 2 is 2.20 bits per heavy atom. The van der Waals surface area contributed by atoms with Crippen molar-refractivity contribution in [1.29, 1.82) is 0 Å². The summed E-state index contributed by atoms with van der Waals surface area (Å²) >= 11 is 5.93. The van der Waals surface area contributed by atoms with E-state index in [1.54, 1.807) is 18.2 Å². The fourth-order valence-corrected chi connectivity index (χ4v) is 3.93. The summed E-state index contributed by atoms with van der Waals surface area (Å²) in [7, 11) is 0. The third kappa shape index (κ3) is 1.78. The van der Waals surface area contributed by atoms with Crippen molar-refractivity contribution < 1.29 is 9.53 Å². The lowest BCUT2D eigenvalue weighted by molar-refractivity contribution is -0.152. The van der Waals surface area contributed by atoms with Crippen LogP contribution in [0.25, 0.3) is 0 Å². The van der Waals surface area contributed by atoms with Gasteiger partial charge in [0.2, 0.25) is 0 Å². The van der Waals surface area contributed by atoms with Crippen molar-refractivity contribution in [2.24, 2.45) is 5.41 Å². The number of anilines is 1. The summed E-state index contributed by atoms with van der Waals surface area (Å²) in [5, 5.41) is 6.97. The van der Waals surface area contributed by atoms with Crippen LogP contribution in [-0.4, -0.2) is 24.1 Å². The number of hydrogen-bond donors (Lipinski definition) is 2. The first-order valence-electron chi connectivity index (χ1n) is 6.85. The van der Waals surface area contributed by atoms with Crippen LogP contribution < -0.4 is 15.4 Å². The van der Waals surface area contributed by atoms with Gasteiger partial charge in [-0.1, -0.05) is 11.6 Å². The van der Waals surface area contributed by atoms with Crippen LogP contribution in [0.2, 0.25) is 5.02 Å². The highest BCUT2D eigenvalue weighted by Gasteiger charge is 2.66. The fraction of sp³-hybridized carbons (Fsp3) is 0.467.